The fourth-order valence-electron chi connectivity index (χ4n) is 6.50. The Morgan fingerprint density at radius 2 is 0.935 bits per heavy atom. The highest BCUT2D eigenvalue weighted by Crippen LogP contribution is 2.39. The molecule has 0 saturated heterocycles. The molecule has 46 heavy (non-hydrogen) atoms. The van der Waals surface area contributed by atoms with Crippen LogP contribution in [0.15, 0.2) is 158 Å². The predicted octanol–water partition coefficient (Wildman–Crippen LogP) is 10.5. The van der Waals surface area contributed by atoms with Gasteiger partial charge >= 0.3 is 0 Å². The summed E-state index contributed by atoms with van der Waals surface area (Å²) in [5.41, 5.74) is 7.28. The van der Waals surface area contributed by atoms with E-state index in [9.17, 15) is 0 Å². The minimum Gasteiger partial charge on any atom is -0.264 e. The van der Waals surface area contributed by atoms with Gasteiger partial charge < -0.3 is 0 Å². The molecule has 9 rings (SSSR count). The van der Waals surface area contributed by atoms with E-state index in [0.717, 1.165) is 44.3 Å². The molecule has 0 unspecified atom stereocenters. The van der Waals surface area contributed by atoms with Gasteiger partial charge in [0.05, 0.1) is 0 Å². The maximum atomic E-state index is 5.15. The molecule has 2 aromatic heterocycles. The van der Waals surface area contributed by atoms with Gasteiger partial charge in [0.15, 0.2) is 17.5 Å². The zero-order chi connectivity index (χ0) is 30.5. The highest BCUT2D eigenvalue weighted by atomic mass is 15.0. The van der Waals surface area contributed by atoms with E-state index in [1.165, 1.54) is 26.9 Å². The number of rotatable bonds is 5. The fourth-order valence-corrected chi connectivity index (χ4v) is 6.50. The lowest BCUT2D eigenvalue weighted by molar-refractivity contribution is 1.08. The largest absolute Gasteiger partial charge is 0.264 e. The molecular formula is C42H26N4. The SMILES string of the molecule is c1ccc(-c2cccc(-c3nc(-c4ccc(-c5cccnc5)cc4)nc(-c4ccc5ccc6cccc7ccc4c5c67)n3)c2)cc1. The maximum Gasteiger partial charge on any atom is 0.164 e. The number of hydrogen-bond donors (Lipinski definition) is 0. The van der Waals surface area contributed by atoms with Crippen LogP contribution in [0.4, 0.5) is 0 Å². The van der Waals surface area contributed by atoms with Crippen LogP contribution in [0.25, 0.3) is 88.7 Å². The van der Waals surface area contributed by atoms with Gasteiger partial charge in [-0.2, -0.15) is 0 Å². The number of aromatic nitrogens is 4. The van der Waals surface area contributed by atoms with E-state index in [2.05, 4.69) is 138 Å². The minimum absolute atomic E-state index is 0.633. The summed E-state index contributed by atoms with van der Waals surface area (Å²) in [6.07, 6.45) is 3.67. The zero-order valence-corrected chi connectivity index (χ0v) is 24.8. The highest BCUT2D eigenvalue weighted by molar-refractivity contribution is 6.25. The average Bonchev–Trinajstić information content (AvgIpc) is 3.14. The van der Waals surface area contributed by atoms with Crippen LogP contribution in [0, 0.1) is 0 Å². The van der Waals surface area contributed by atoms with Crippen LogP contribution in [-0.4, -0.2) is 19.9 Å². The second-order valence-corrected chi connectivity index (χ2v) is 11.5. The molecule has 0 N–H and O–H groups in total. The molecule has 0 radical (unpaired) electrons. The molecule has 4 nitrogen and oxygen atoms in total. The summed E-state index contributed by atoms with van der Waals surface area (Å²) in [7, 11) is 0. The Morgan fingerprint density at radius 1 is 0.348 bits per heavy atom. The topological polar surface area (TPSA) is 51.6 Å². The molecule has 0 bridgehead atoms. The highest BCUT2D eigenvalue weighted by Gasteiger charge is 2.17. The van der Waals surface area contributed by atoms with Crippen LogP contribution < -0.4 is 0 Å². The van der Waals surface area contributed by atoms with Gasteiger partial charge in [-0.05, 0) is 72.8 Å². The molecule has 0 saturated carbocycles. The van der Waals surface area contributed by atoms with E-state index in [1.54, 1.807) is 6.20 Å². The molecule has 4 heteroatoms. The number of nitrogens with zero attached hydrogens (tertiary/aromatic N) is 4. The average molecular weight is 587 g/mol. The zero-order valence-electron chi connectivity index (χ0n) is 24.8. The van der Waals surface area contributed by atoms with Crippen molar-refractivity contribution in [1.29, 1.82) is 0 Å². The molecule has 7 aromatic carbocycles. The van der Waals surface area contributed by atoms with E-state index in [-0.39, 0.29) is 0 Å². The number of hydrogen-bond acceptors (Lipinski definition) is 4. The van der Waals surface area contributed by atoms with Crippen molar-refractivity contribution >= 4 is 32.3 Å². The molecule has 9 aromatic rings. The third-order valence-electron chi connectivity index (χ3n) is 8.77. The van der Waals surface area contributed by atoms with Gasteiger partial charge in [0.1, 0.15) is 0 Å². The van der Waals surface area contributed by atoms with Gasteiger partial charge in [-0.15, -0.1) is 0 Å². The molecule has 0 fully saturated rings. The van der Waals surface area contributed by atoms with Crippen molar-refractivity contribution in [3.8, 4) is 56.4 Å². The first-order valence-corrected chi connectivity index (χ1v) is 15.4. The van der Waals surface area contributed by atoms with Crippen LogP contribution in [0.5, 0.6) is 0 Å². The van der Waals surface area contributed by atoms with Crippen LogP contribution >= 0.6 is 0 Å². The van der Waals surface area contributed by atoms with E-state index in [1.807, 2.05) is 18.3 Å². The lowest BCUT2D eigenvalue weighted by Crippen LogP contribution is -2.01. The van der Waals surface area contributed by atoms with E-state index in [0.29, 0.717) is 17.5 Å². The van der Waals surface area contributed by atoms with Crippen molar-refractivity contribution in [2.24, 2.45) is 0 Å². The standard InChI is InChI=1S/C42H26N4/c1-2-7-27(8-3-1)33-11-5-12-34(25-33)41-44-40(32-18-14-28(15-19-32)35-13-6-24-43-26-35)45-42(46-41)37-23-21-31-17-16-29-9-4-10-30-20-22-36(37)39(31)38(29)30/h1-26H. The molecule has 0 spiro atoms. The van der Waals surface area contributed by atoms with Gasteiger partial charge in [-0.3, -0.25) is 4.98 Å². The Balaban J connectivity index is 1.25. The van der Waals surface area contributed by atoms with Crippen molar-refractivity contribution in [3.05, 3.63) is 158 Å². The van der Waals surface area contributed by atoms with Crippen molar-refractivity contribution in [3.63, 3.8) is 0 Å². The second-order valence-electron chi connectivity index (χ2n) is 11.5. The summed E-state index contributed by atoms with van der Waals surface area (Å²) in [6.45, 7) is 0. The van der Waals surface area contributed by atoms with Crippen LogP contribution in [-0.2, 0) is 0 Å². The molecule has 0 aliphatic carbocycles. The minimum atomic E-state index is 0.633. The Kier molecular flexibility index (Phi) is 6.10. The van der Waals surface area contributed by atoms with Crippen LogP contribution in [0.2, 0.25) is 0 Å². The Morgan fingerprint density at radius 3 is 1.72 bits per heavy atom. The molecule has 0 amide bonds. The van der Waals surface area contributed by atoms with Crippen LogP contribution in [0.1, 0.15) is 0 Å². The summed E-state index contributed by atoms with van der Waals surface area (Å²) in [5.74, 6) is 1.92. The normalized spacial score (nSPS) is 11.5. The lowest BCUT2D eigenvalue weighted by Gasteiger charge is -2.14. The molecular weight excluding hydrogens is 560 g/mol. The molecule has 0 aliphatic rings. The van der Waals surface area contributed by atoms with Gasteiger partial charge in [-0.1, -0.05) is 127 Å². The fraction of sp³-hybridized carbons (Fsp3) is 0. The molecule has 2 heterocycles. The Hall–Kier alpha value is -6.26. The summed E-state index contributed by atoms with van der Waals surface area (Å²) < 4.78 is 0. The summed E-state index contributed by atoms with van der Waals surface area (Å²) in [6, 6.07) is 50.9. The third kappa shape index (κ3) is 4.47. The molecule has 214 valence electrons. The first-order valence-electron chi connectivity index (χ1n) is 15.4. The molecule has 0 aliphatic heterocycles. The van der Waals surface area contributed by atoms with Gasteiger partial charge in [0.2, 0.25) is 0 Å². The first kappa shape index (κ1) is 26.2. The molecule has 0 atom stereocenters. The van der Waals surface area contributed by atoms with E-state index < -0.39 is 0 Å². The van der Waals surface area contributed by atoms with E-state index in [4.69, 9.17) is 15.0 Å². The van der Waals surface area contributed by atoms with E-state index >= 15 is 0 Å². The summed E-state index contributed by atoms with van der Waals surface area (Å²) >= 11 is 0. The number of pyridine rings is 1. The predicted molar refractivity (Wildman–Crippen MR) is 189 cm³/mol. The maximum absolute atomic E-state index is 5.15. The van der Waals surface area contributed by atoms with Crippen molar-refractivity contribution in [2.75, 3.05) is 0 Å². The summed E-state index contributed by atoms with van der Waals surface area (Å²) in [4.78, 5) is 19.6. The summed E-state index contributed by atoms with van der Waals surface area (Å²) in [5, 5.41) is 7.32. The third-order valence-corrected chi connectivity index (χ3v) is 8.77. The van der Waals surface area contributed by atoms with Gasteiger partial charge in [0, 0.05) is 29.1 Å². The van der Waals surface area contributed by atoms with Crippen LogP contribution in [0.3, 0.4) is 0 Å². The smallest absolute Gasteiger partial charge is 0.164 e. The van der Waals surface area contributed by atoms with Crippen molar-refractivity contribution in [1.82, 2.24) is 19.9 Å². The number of benzene rings is 7. The quantitative estimate of drug-likeness (QED) is 0.188. The second kappa shape index (κ2) is 10.7. The Bertz CT molecular complexity index is 2490. The van der Waals surface area contributed by atoms with Gasteiger partial charge in [0.25, 0.3) is 0 Å². The van der Waals surface area contributed by atoms with Gasteiger partial charge in [-0.25, -0.2) is 15.0 Å². The monoisotopic (exact) mass is 586 g/mol. The van der Waals surface area contributed by atoms with Crippen molar-refractivity contribution in [2.45, 2.75) is 0 Å². The first-order chi connectivity index (χ1) is 22.8. The van der Waals surface area contributed by atoms with Crippen molar-refractivity contribution < 1.29 is 0 Å². The Labute approximate surface area is 266 Å². The lowest BCUT2D eigenvalue weighted by atomic mass is 9.92.